The van der Waals surface area contributed by atoms with Crippen LogP contribution in [0.25, 0.3) is 11.3 Å². The lowest BCUT2D eigenvalue weighted by Gasteiger charge is -2.12. The van der Waals surface area contributed by atoms with Crippen LogP contribution in [0.1, 0.15) is 23.2 Å². The van der Waals surface area contributed by atoms with E-state index in [-0.39, 0.29) is 11.7 Å². The van der Waals surface area contributed by atoms with Crippen LogP contribution < -0.4 is 0 Å². The minimum absolute atomic E-state index is 0.133. The van der Waals surface area contributed by atoms with Crippen LogP contribution in [0.5, 0.6) is 0 Å². The van der Waals surface area contributed by atoms with Crippen molar-refractivity contribution in [3.63, 3.8) is 0 Å². The number of aryl methyl sites for hydroxylation is 1. The van der Waals surface area contributed by atoms with Gasteiger partial charge in [0.25, 0.3) is 0 Å². The smallest absolute Gasteiger partial charge is 0.316 e. The first kappa shape index (κ1) is 14.7. The van der Waals surface area contributed by atoms with E-state index in [1.54, 1.807) is 12.3 Å². The number of nitriles is 1. The quantitative estimate of drug-likeness (QED) is 0.638. The molecule has 2 aromatic heterocycles. The van der Waals surface area contributed by atoms with Crippen LogP contribution in [0.2, 0.25) is 0 Å². The number of esters is 1. The van der Waals surface area contributed by atoms with Crippen molar-refractivity contribution >= 4 is 17.7 Å². The lowest BCUT2D eigenvalue weighted by atomic mass is 10.0. The predicted octanol–water partition coefficient (Wildman–Crippen LogP) is 2.97. The molecule has 1 aliphatic rings. The highest BCUT2D eigenvalue weighted by Gasteiger charge is 2.25. The summed E-state index contributed by atoms with van der Waals surface area (Å²) in [6.07, 6.45) is 4.40. The third-order valence-electron chi connectivity index (χ3n) is 3.62. The zero-order valence-corrected chi connectivity index (χ0v) is 12.9. The molecule has 0 atom stereocenters. The number of pyridine rings is 1. The fraction of sp³-hybridized carbons (Fsp3) is 0.312. The number of carbonyl (C=O) groups excluding carboxylic acids is 1. The van der Waals surface area contributed by atoms with Gasteiger partial charge >= 0.3 is 5.97 Å². The number of nitrogens with zero attached hydrogens (tertiary/aromatic N) is 2. The number of carbonyl (C=O) groups is 1. The molecular weight excluding hydrogens is 300 g/mol. The third-order valence-corrected chi connectivity index (χ3v) is 4.57. The number of hydrogen-bond acceptors (Lipinski definition) is 6. The second-order valence-electron chi connectivity index (χ2n) is 4.90. The Morgan fingerprint density at radius 1 is 1.55 bits per heavy atom. The summed E-state index contributed by atoms with van der Waals surface area (Å²) in [5.41, 5.74) is 3.39. The Kier molecular flexibility index (Phi) is 4.16. The van der Waals surface area contributed by atoms with Gasteiger partial charge in [-0.25, -0.2) is 4.98 Å². The van der Waals surface area contributed by atoms with Crippen LogP contribution in [0.4, 0.5) is 0 Å². The molecule has 6 heteroatoms. The maximum atomic E-state index is 11.4. The van der Waals surface area contributed by atoms with Gasteiger partial charge in [0.05, 0.1) is 24.7 Å². The summed E-state index contributed by atoms with van der Waals surface area (Å²) in [6.45, 7) is 0. The van der Waals surface area contributed by atoms with Crippen LogP contribution in [0.3, 0.4) is 0 Å². The maximum absolute atomic E-state index is 11.4. The molecule has 1 aliphatic carbocycles. The Bertz CT molecular complexity index is 748. The molecule has 0 unspecified atom stereocenters. The summed E-state index contributed by atoms with van der Waals surface area (Å²) in [7, 11) is 1.35. The zero-order chi connectivity index (χ0) is 15.5. The molecule has 0 saturated heterocycles. The first-order valence-corrected chi connectivity index (χ1v) is 7.92. The van der Waals surface area contributed by atoms with E-state index in [2.05, 4.69) is 15.8 Å². The molecule has 0 radical (unpaired) electrons. The fourth-order valence-electron chi connectivity index (χ4n) is 2.64. The summed E-state index contributed by atoms with van der Waals surface area (Å²) in [5.74, 6) is 0.474. The first-order chi connectivity index (χ1) is 10.7. The highest BCUT2D eigenvalue weighted by atomic mass is 32.2. The monoisotopic (exact) mass is 314 g/mol. The number of methoxy groups -OCH3 is 1. The van der Waals surface area contributed by atoms with Crippen molar-refractivity contribution in [3.8, 4) is 17.4 Å². The number of thioether (sulfide) groups is 1. The second kappa shape index (κ2) is 6.24. The van der Waals surface area contributed by atoms with Crippen LogP contribution in [-0.2, 0) is 22.4 Å². The van der Waals surface area contributed by atoms with Gasteiger partial charge in [0.1, 0.15) is 16.9 Å². The molecule has 0 N–H and O–H groups in total. The van der Waals surface area contributed by atoms with Crippen LogP contribution in [0.15, 0.2) is 27.8 Å². The van der Waals surface area contributed by atoms with Crippen LogP contribution >= 0.6 is 11.8 Å². The molecule has 3 rings (SSSR count). The van der Waals surface area contributed by atoms with Crippen molar-refractivity contribution < 1.29 is 13.9 Å². The van der Waals surface area contributed by atoms with Gasteiger partial charge in [-0.2, -0.15) is 5.26 Å². The summed E-state index contributed by atoms with van der Waals surface area (Å²) in [6, 6.07) is 5.88. The van der Waals surface area contributed by atoms with E-state index < -0.39 is 0 Å². The molecule has 0 spiro atoms. The van der Waals surface area contributed by atoms with Crippen molar-refractivity contribution in [1.82, 2.24) is 4.98 Å². The van der Waals surface area contributed by atoms with Gasteiger partial charge < -0.3 is 9.15 Å². The molecule has 0 saturated carbocycles. The topological polar surface area (TPSA) is 76.1 Å². The van der Waals surface area contributed by atoms with Gasteiger partial charge in [-0.1, -0.05) is 11.8 Å². The Morgan fingerprint density at radius 2 is 2.41 bits per heavy atom. The van der Waals surface area contributed by atoms with Gasteiger partial charge in [-0.3, -0.25) is 4.79 Å². The van der Waals surface area contributed by atoms with Gasteiger partial charge in [-0.15, -0.1) is 0 Å². The largest absolute Gasteiger partial charge is 0.468 e. The number of ether oxygens (including phenoxy) is 1. The van der Waals surface area contributed by atoms with Crippen molar-refractivity contribution in [2.75, 3.05) is 12.9 Å². The average molecular weight is 314 g/mol. The molecular formula is C16H14N2O3S. The number of fused-ring (bicyclic) bond motifs is 1. The molecule has 112 valence electrons. The number of aromatic nitrogens is 1. The fourth-order valence-corrected chi connectivity index (χ4v) is 3.48. The van der Waals surface area contributed by atoms with E-state index >= 15 is 0 Å². The Hall–Kier alpha value is -2.26. The minimum atomic E-state index is -0.337. The molecule has 5 nitrogen and oxygen atoms in total. The summed E-state index contributed by atoms with van der Waals surface area (Å²) >= 11 is 1.23. The highest BCUT2D eigenvalue weighted by molar-refractivity contribution is 7.99. The van der Waals surface area contributed by atoms with Gasteiger partial charge in [0.15, 0.2) is 0 Å². The summed E-state index contributed by atoms with van der Waals surface area (Å²) in [4.78, 5) is 16.0. The number of furan rings is 1. The second-order valence-corrected chi connectivity index (χ2v) is 5.86. The maximum Gasteiger partial charge on any atom is 0.316 e. The van der Waals surface area contributed by atoms with Crippen molar-refractivity contribution in [2.45, 2.75) is 24.3 Å². The van der Waals surface area contributed by atoms with Gasteiger partial charge in [0.2, 0.25) is 0 Å². The summed E-state index contributed by atoms with van der Waals surface area (Å²) in [5, 5.41) is 10.2. The van der Waals surface area contributed by atoms with E-state index in [0.717, 1.165) is 36.1 Å². The Morgan fingerprint density at radius 3 is 3.09 bits per heavy atom. The van der Waals surface area contributed by atoms with E-state index in [4.69, 9.17) is 4.42 Å². The highest BCUT2D eigenvalue weighted by Crippen LogP contribution is 2.38. The SMILES string of the molecule is COC(=O)CSc1nc2c(c(-c3ccco3)c1C#N)CCC2. The van der Waals surface area contributed by atoms with Gasteiger partial charge in [-0.05, 0) is 37.0 Å². The van der Waals surface area contributed by atoms with E-state index in [1.165, 1.54) is 18.9 Å². The number of hydrogen-bond donors (Lipinski definition) is 0. The molecule has 2 aromatic rings. The summed E-state index contributed by atoms with van der Waals surface area (Å²) < 4.78 is 10.2. The molecule has 0 amide bonds. The molecule has 0 aliphatic heterocycles. The lowest BCUT2D eigenvalue weighted by molar-refractivity contribution is -0.137. The molecule has 22 heavy (non-hydrogen) atoms. The zero-order valence-electron chi connectivity index (χ0n) is 12.1. The van der Waals surface area contributed by atoms with Crippen molar-refractivity contribution in [1.29, 1.82) is 5.26 Å². The normalized spacial score (nSPS) is 12.7. The van der Waals surface area contributed by atoms with Crippen molar-refractivity contribution in [2.24, 2.45) is 0 Å². The predicted molar refractivity (Wildman–Crippen MR) is 81.4 cm³/mol. The third kappa shape index (κ3) is 2.60. The van der Waals surface area contributed by atoms with E-state index in [1.807, 2.05) is 6.07 Å². The Labute approximate surface area is 132 Å². The van der Waals surface area contributed by atoms with Crippen LogP contribution in [0, 0.1) is 11.3 Å². The molecule has 0 aromatic carbocycles. The average Bonchev–Trinajstić information content (AvgIpc) is 3.21. The lowest BCUT2D eigenvalue weighted by Crippen LogP contribution is -2.05. The first-order valence-electron chi connectivity index (χ1n) is 6.94. The Balaban J connectivity index is 2.10. The van der Waals surface area contributed by atoms with Crippen LogP contribution in [-0.4, -0.2) is 23.8 Å². The van der Waals surface area contributed by atoms with E-state index in [0.29, 0.717) is 16.3 Å². The van der Waals surface area contributed by atoms with Gasteiger partial charge in [0, 0.05) is 11.3 Å². The van der Waals surface area contributed by atoms with Crippen molar-refractivity contribution in [3.05, 3.63) is 35.2 Å². The molecule has 0 fully saturated rings. The number of rotatable bonds is 4. The standard InChI is InChI=1S/C16H14N2O3S/c1-20-14(19)9-22-16-11(8-17)15(13-6-3-7-21-13)10-4-2-5-12(10)18-16/h3,6-7H,2,4-5,9H2,1H3. The molecule has 2 heterocycles. The molecule has 0 bridgehead atoms. The van der Waals surface area contributed by atoms with E-state index in [9.17, 15) is 10.1 Å². The minimum Gasteiger partial charge on any atom is -0.468 e.